The van der Waals surface area contributed by atoms with Gasteiger partial charge in [-0.1, -0.05) is 23.9 Å². The van der Waals surface area contributed by atoms with Crippen LogP contribution in [-0.2, 0) is 9.59 Å². The molecule has 5 nitrogen and oxygen atoms in total. The van der Waals surface area contributed by atoms with E-state index in [0.29, 0.717) is 9.92 Å². The molecule has 2 rings (SSSR count). The van der Waals surface area contributed by atoms with E-state index in [2.05, 4.69) is 15.4 Å². The Morgan fingerprint density at radius 1 is 1.31 bits per heavy atom. The Balaban J connectivity index is 0.000000386. The Hall–Kier alpha value is -1.98. The predicted molar refractivity (Wildman–Crippen MR) is 51.9 cm³/mol. The molecular formula is C9H6FN3O2S. The molecule has 0 atom stereocenters. The fourth-order valence-electron chi connectivity index (χ4n) is 0.880. The average Bonchev–Trinajstić information content (AvgIpc) is 2.75. The zero-order valence-electron chi connectivity index (χ0n) is 7.88. The van der Waals surface area contributed by atoms with Gasteiger partial charge in [-0.3, -0.25) is 0 Å². The summed E-state index contributed by atoms with van der Waals surface area (Å²) in [5.74, 6) is -0.240. The molecule has 1 heterocycles. The lowest BCUT2D eigenvalue weighted by molar-refractivity contribution is -0.191. The first-order valence-electron chi connectivity index (χ1n) is 4.05. The van der Waals surface area contributed by atoms with Crippen molar-refractivity contribution in [3.05, 3.63) is 36.3 Å². The third kappa shape index (κ3) is 3.64. The molecule has 0 saturated heterocycles. The Morgan fingerprint density at radius 2 is 2.00 bits per heavy atom. The summed E-state index contributed by atoms with van der Waals surface area (Å²) in [6, 6.07) is 6.56. The van der Waals surface area contributed by atoms with Gasteiger partial charge in [-0.15, -0.1) is 5.10 Å². The lowest BCUT2D eigenvalue weighted by atomic mass is 10.3. The molecule has 1 N–H and O–H groups in total. The van der Waals surface area contributed by atoms with Gasteiger partial charge in [-0.25, -0.2) is 4.39 Å². The fourth-order valence-corrected chi connectivity index (χ4v) is 1.61. The lowest BCUT2D eigenvalue weighted by Gasteiger charge is -1.97. The summed E-state index contributed by atoms with van der Waals surface area (Å²) in [7, 11) is 0. The highest BCUT2D eigenvalue weighted by atomic mass is 32.2. The number of rotatable bonds is 2. The molecule has 0 aliphatic rings. The maximum absolute atomic E-state index is 13.1. The summed E-state index contributed by atoms with van der Waals surface area (Å²) < 4.78 is 13.1. The van der Waals surface area contributed by atoms with Gasteiger partial charge >= 0.3 is 6.15 Å². The Labute approximate surface area is 94.1 Å². The van der Waals surface area contributed by atoms with Crippen molar-refractivity contribution in [1.82, 2.24) is 15.4 Å². The van der Waals surface area contributed by atoms with Gasteiger partial charge < -0.3 is 0 Å². The summed E-state index contributed by atoms with van der Waals surface area (Å²) in [4.78, 5) is 16.8. The molecule has 1 aromatic carbocycles. The smallest absolute Gasteiger partial charge is 0.206 e. The fraction of sp³-hybridized carbons (Fsp3) is 0. The highest BCUT2D eigenvalue weighted by Crippen LogP contribution is 2.26. The molecule has 0 spiro atoms. The van der Waals surface area contributed by atoms with Crippen molar-refractivity contribution < 1.29 is 14.0 Å². The number of aromatic amines is 1. The zero-order valence-corrected chi connectivity index (χ0v) is 8.70. The number of halogens is 1. The summed E-state index contributed by atoms with van der Waals surface area (Å²) in [6.45, 7) is 0. The molecule has 0 aliphatic heterocycles. The second kappa shape index (κ2) is 6.49. The van der Waals surface area contributed by atoms with Crippen LogP contribution >= 0.6 is 11.8 Å². The van der Waals surface area contributed by atoms with Crippen LogP contribution in [0, 0.1) is 5.82 Å². The van der Waals surface area contributed by atoms with Gasteiger partial charge in [0.15, 0.2) is 0 Å². The van der Waals surface area contributed by atoms with E-state index >= 15 is 0 Å². The minimum absolute atomic E-state index is 0.240. The quantitative estimate of drug-likeness (QED) is 0.859. The third-order valence-corrected chi connectivity index (χ3v) is 2.40. The summed E-state index contributed by atoms with van der Waals surface area (Å²) in [6.07, 6.45) is 1.80. The van der Waals surface area contributed by atoms with E-state index in [4.69, 9.17) is 9.59 Å². The monoisotopic (exact) mass is 239 g/mol. The molecule has 0 aliphatic carbocycles. The highest BCUT2D eigenvalue weighted by Gasteiger charge is 2.04. The largest absolute Gasteiger partial charge is 0.373 e. The van der Waals surface area contributed by atoms with E-state index in [9.17, 15) is 4.39 Å². The summed E-state index contributed by atoms with van der Waals surface area (Å²) >= 11 is 1.24. The third-order valence-electron chi connectivity index (χ3n) is 1.44. The second-order valence-corrected chi connectivity index (χ2v) is 3.49. The Kier molecular flexibility index (Phi) is 4.91. The minimum Gasteiger partial charge on any atom is -0.206 e. The van der Waals surface area contributed by atoms with Crippen LogP contribution < -0.4 is 0 Å². The number of hydrogen-bond donors (Lipinski definition) is 1. The lowest BCUT2D eigenvalue weighted by Crippen LogP contribution is -1.79. The van der Waals surface area contributed by atoms with Crippen LogP contribution in [-0.4, -0.2) is 21.6 Å². The van der Waals surface area contributed by atoms with E-state index in [0.717, 1.165) is 0 Å². The molecule has 2 aromatic rings. The maximum Gasteiger partial charge on any atom is 0.373 e. The molecule has 0 fully saturated rings. The van der Waals surface area contributed by atoms with Crippen molar-refractivity contribution in [1.29, 1.82) is 0 Å². The van der Waals surface area contributed by atoms with Crippen LogP contribution in [0.25, 0.3) is 0 Å². The number of benzene rings is 1. The van der Waals surface area contributed by atoms with Crippen LogP contribution in [0.2, 0.25) is 0 Å². The predicted octanol–water partition coefficient (Wildman–Crippen LogP) is 1.51. The molecule has 7 heteroatoms. The molecule has 1 aromatic heterocycles. The standard InChI is InChI=1S/C8H6FN3S.CO2/c9-6-3-1-2-4-7(6)13-8-5-10-12-11-8;2-1-3/h1-5H,(H,10,11,12);. The Morgan fingerprint density at radius 3 is 2.56 bits per heavy atom. The minimum atomic E-state index is -0.240. The topological polar surface area (TPSA) is 75.7 Å². The van der Waals surface area contributed by atoms with Crippen molar-refractivity contribution in [3.8, 4) is 0 Å². The van der Waals surface area contributed by atoms with E-state index in [1.54, 1.807) is 24.4 Å². The van der Waals surface area contributed by atoms with Gasteiger partial charge in [0.2, 0.25) is 0 Å². The molecule has 82 valence electrons. The van der Waals surface area contributed by atoms with E-state index in [-0.39, 0.29) is 12.0 Å². The number of H-pyrrole nitrogens is 1. The summed E-state index contributed by atoms with van der Waals surface area (Å²) in [5, 5.41) is 10.6. The Bertz CT molecular complexity index is 469. The van der Waals surface area contributed by atoms with Crippen molar-refractivity contribution >= 4 is 17.9 Å². The van der Waals surface area contributed by atoms with Gasteiger partial charge in [0, 0.05) is 4.90 Å². The van der Waals surface area contributed by atoms with Gasteiger partial charge in [0.1, 0.15) is 10.8 Å². The number of hydrogen-bond acceptors (Lipinski definition) is 5. The van der Waals surface area contributed by atoms with Crippen molar-refractivity contribution in [2.75, 3.05) is 0 Å². The number of carbonyl (C=O) groups excluding carboxylic acids is 2. The van der Waals surface area contributed by atoms with Gasteiger partial charge in [0.25, 0.3) is 0 Å². The van der Waals surface area contributed by atoms with Crippen LogP contribution in [0.5, 0.6) is 0 Å². The van der Waals surface area contributed by atoms with E-state index in [1.165, 1.54) is 17.8 Å². The molecule has 0 saturated carbocycles. The molecule has 0 amide bonds. The van der Waals surface area contributed by atoms with Crippen LogP contribution in [0.1, 0.15) is 0 Å². The van der Waals surface area contributed by atoms with Gasteiger partial charge in [0.05, 0.1) is 6.20 Å². The number of nitrogens with zero attached hydrogens (tertiary/aromatic N) is 2. The molecule has 16 heavy (non-hydrogen) atoms. The van der Waals surface area contributed by atoms with Crippen molar-refractivity contribution in [2.45, 2.75) is 9.92 Å². The second-order valence-electron chi connectivity index (χ2n) is 2.42. The molecule has 0 unspecified atom stereocenters. The van der Waals surface area contributed by atoms with Crippen LogP contribution in [0.4, 0.5) is 4.39 Å². The number of nitrogens with one attached hydrogen (secondary N) is 1. The first-order chi connectivity index (χ1) is 7.77. The zero-order chi connectivity index (χ0) is 11.8. The first kappa shape index (κ1) is 12.1. The normalized spacial score (nSPS) is 8.81. The van der Waals surface area contributed by atoms with Gasteiger partial charge in [-0.2, -0.15) is 19.9 Å². The summed E-state index contributed by atoms with van der Waals surface area (Å²) in [5.41, 5.74) is 0. The van der Waals surface area contributed by atoms with Gasteiger partial charge in [-0.05, 0) is 12.1 Å². The highest BCUT2D eigenvalue weighted by molar-refractivity contribution is 7.99. The van der Waals surface area contributed by atoms with Crippen molar-refractivity contribution in [3.63, 3.8) is 0 Å². The molecular weight excluding hydrogens is 233 g/mol. The van der Waals surface area contributed by atoms with E-state index in [1.807, 2.05) is 0 Å². The SMILES string of the molecule is Fc1ccccc1Sc1cn[nH]n1.O=C=O. The van der Waals surface area contributed by atoms with Crippen LogP contribution in [0.15, 0.2) is 40.4 Å². The number of aromatic nitrogens is 3. The molecule has 0 radical (unpaired) electrons. The molecule has 0 bridgehead atoms. The maximum atomic E-state index is 13.1. The van der Waals surface area contributed by atoms with Crippen LogP contribution in [0.3, 0.4) is 0 Å². The average molecular weight is 239 g/mol. The first-order valence-corrected chi connectivity index (χ1v) is 4.87. The van der Waals surface area contributed by atoms with Crippen molar-refractivity contribution in [2.24, 2.45) is 0 Å². The van der Waals surface area contributed by atoms with E-state index < -0.39 is 0 Å².